The maximum Gasteiger partial charge on any atom is 0.330 e. The minimum absolute atomic E-state index is 0.291. The van der Waals surface area contributed by atoms with E-state index in [1.807, 2.05) is 30.4 Å². The molecule has 0 spiro atoms. The molecule has 2 heteroatoms. The van der Waals surface area contributed by atoms with Crippen LogP contribution in [0.4, 0.5) is 0 Å². The summed E-state index contributed by atoms with van der Waals surface area (Å²) in [5.41, 5.74) is 1.33. The number of benzene rings is 1. The third-order valence-electron chi connectivity index (χ3n) is 2.21. The molecule has 0 heterocycles. The van der Waals surface area contributed by atoms with E-state index in [0.717, 1.165) is 12.8 Å². The van der Waals surface area contributed by atoms with E-state index in [4.69, 9.17) is 4.74 Å². The van der Waals surface area contributed by atoms with Crippen LogP contribution in [-0.2, 0) is 16.0 Å². The second-order valence-corrected chi connectivity index (χ2v) is 3.56. The highest BCUT2D eigenvalue weighted by Crippen LogP contribution is 2.02. The highest BCUT2D eigenvalue weighted by molar-refractivity contribution is 5.82. The molecule has 0 fully saturated rings. The van der Waals surface area contributed by atoms with Crippen molar-refractivity contribution in [3.8, 4) is 0 Å². The van der Waals surface area contributed by atoms with Crippen molar-refractivity contribution in [3.63, 3.8) is 0 Å². The summed E-state index contributed by atoms with van der Waals surface area (Å²) in [7, 11) is 0. The Bertz CT molecular complexity index is 377. The molecule has 0 radical (unpaired) electrons. The summed E-state index contributed by atoms with van der Waals surface area (Å²) in [4.78, 5) is 11.0. The maximum absolute atomic E-state index is 11.0. The van der Waals surface area contributed by atoms with Gasteiger partial charge in [0, 0.05) is 6.08 Å². The van der Waals surface area contributed by atoms with Crippen LogP contribution in [0.2, 0.25) is 0 Å². The Hall–Kier alpha value is -1.83. The molecule has 0 amide bonds. The van der Waals surface area contributed by atoms with Crippen molar-refractivity contribution in [2.45, 2.75) is 19.8 Å². The lowest BCUT2D eigenvalue weighted by Crippen LogP contribution is -1.98. The van der Waals surface area contributed by atoms with Crippen molar-refractivity contribution in [1.29, 1.82) is 0 Å². The van der Waals surface area contributed by atoms with E-state index in [1.54, 1.807) is 13.0 Å². The smallest absolute Gasteiger partial charge is 0.330 e. The predicted molar refractivity (Wildman–Crippen MR) is 69.7 cm³/mol. The third kappa shape index (κ3) is 6.36. The molecule has 1 aromatic rings. The van der Waals surface area contributed by atoms with E-state index in [1.165, 1.54) is 11.6 Å². The summed E-state index contributed by atoms with van der Waals surface area (Å²) in [6.07, 6.45) is 9.05. The number of aryl methyl sites for hydroxylation is 1. The standard InChI is InChI=1S/C15H18O2/c1-2-17-15(16)13-9-4-3-6-10-14-11-7-5-8-12-14/h3-5,7-9,11-13H,2,6,10H2,1H3. The Labute approximate surface area is 103 Å². The van der Waals surface area contributed by atoms with Gasteiger partial charge in [0.25, 0.3) is 0 Å². The predicted octanol–water partition coefficient (Wildman–Crippen LogP) is 3.29. The van der Waals surface area contributed by atoms with Crippen molar-refractivity contribution >= 4 is 5.97 Å². The summed E-state index contributed by atoms with van der Waals surface area (Å²) >= 11 is 0. The van der Waals surface area contributed by atoms with Crippen LogP contribution in [0.3, 0.4) is 0 Å². The molecule has 0 atom stereocenters. The first-order valence-electron chi connectivity index (χ1n) is 5.87. The minimum atomic E-state index is -0.291. The van der Waals surface area contributed by atoms with Crippen LogP contribution in [0.15, 0.2) is 54.6 Å². The normalized spacial score (nSPS) is 11.1. The summed E-state index contributed by atoms with van der Waals surface area (Å²) < 4.78 is 4.76. The molecular formula is C15H18O2. The van der Waals surface area contributed by atoms with E-state index in [2.05, 4.69) is 12.1 Å². The molecule has 0 saturated heterocycles. The molecule has 0 aliphatic carbocycles. The Morgan fingerprint density at radius 1 is 1.24 bits per heavy atom. The first kappa shape index (κ1) is 13.2. The number of carbonyl (C=O) groups excluding carboxylic acids is 1. The van der Waals surface area contributed by atoms with Gasteiger partial charge in [-0.2, -0.15) is 0 Å². The van der Waals surface area contributed by atoms with Gasteiger partial charge in [-0.1, -0.05) is 48.6 Å². The summed E-state index contributed by atoms with van der Waals surface area (Å²) in [6, 6.07) is 10.3. The van der Waals surface area contributed by atoms with Gasteiger partial charge in [0.15, 0.2) is 0 Å². The number of ether oxygens (including phenoxy) is 1. The van der Waals surface area contributed by atoms with Crippen LogP contribution in [0, 0.1) is 0 Å². The van der Waals surface area contributed by atoms with Gasteiger partial charge in [0.2, 0.25) is 0 Å². The quantitative estimate of drug-likeness (QED) is 0.426. The van der Waals surface area contributed by atoms with Gasteiger partial charge in [0.1, 0.15) is 0 Å². The van der Waals surface area contributed by atoms with Crippen LogP contribution in [0.1, 0.15) is 18.9 Å². The Morgan fingerprint density at radius 2 is 2.00 bits per heavy atom. The van der Waals surface area contributed by atoms with Crippen molar-refractivity contribution in [2.24, 2.45) is 0 Å². The van der Waals surface area contributed by atoms with Gasteiger partial charge < -0.3 is 4.74 Å². The molecule has 90 valence electrons. The van der Waals surface area contributed by atoms with Crippen LogP contribution < -0.4 is 0 Å². The molecule has 0 aliphatic heterocycles. The van der Waals surface area contributed by atoms with Gasteiger partial charge in [-0.25, -0.2) is 4.79 Å². The molecule has 0 saturated carbocycles. The zero-order valence-corrected chi connectivity index (χ0v) is 10.1. The SMILES string of the molecule is CCOC(=O)C=CC=CCCc1ccccc1. The number of allylic oxidation sites excluding steroid dienone is 3. The number of hydrogen-bond donors (Lipinski definition) is 0. The van der Waals surface area contributed by atoms with Crippen molar-refractivity contribution in [3.05, 3.63) is 60.2 Å². The zero-order valence-electron chi connectivity index (χ0n) is 10.1. The monoisotopic (exact) mass is 230 g/mol. The molecule has 0 N–H and O–H groups in total. The van der Waals surface area contributed by atoms with Crippen LogP contribution in [0.25, 0.3) is 0 Å². The number of esters is 1. The molecular weight excluding hydrogens is 212 g/mol. The van der Waals surface area contributed by atoms with E-state index < -0.39 is 0 Å². The van der Waals surface area contributed by atoms with E-state index in [0.29, 0.717) is 6.61 Å². The summed E-state index contributed by atoms with van der Waals surface area (Å²) in [6.45, 7) is 2.21. The van der Waals surface area contributed by atoms with Crippen LogP contribution >= 0.6 is 0 Å². The molecule has 0 aromatic heterocycles. The molecule has 0 aliphatic rings. The topological polar surface area (TPSA) is 26.3 Å². The maximum atomic E-state index is 11.0. The summed E-state index contributed by atoms with van der Waals surface area (Å²) in [5, 5.41) is 0. The fraction of sp³-hybridized carbons (Fsp3) is 0.267. The van der Waals surface area contributed by atoms with Gasteiger partial charge in [-0.15, -0.1) is 0 Å². The van der Waals surface area contributed by atoms with Gasteiger partial charge >= 0.3 is 5.97 Å². The van der Waals surface area contributed by atoms with Crippen molar-refractivity contribution < 1.29 is 9.53 Å². The van der Waals surface area contributed by atoms with Crippen molar-refractivity contribution in [1.82, 2.24) is 0 Å². The summed E-state index contributed by atoms with van der Waals surface area (Å²) in [5.74, 6) is -0.291. The first-order chi connectivity index (χ1) is 8.33. The minimum Gasteiger partial charge on any atom is -0.463 e. The van der Waals surface area contributed by atoms with E-state index in [9.17, 15) is 4.79 Å². The second kappa shape index (κ2) is 8.34. The highest BCUT2D eigenvalue weighted by Gasteiger charge is 1.90. The van der Waals surface area contributed by atoms with Gasteiger partial charge in [-0.05, 0) is 25.3 Å². The van der Waals surface area contributed by atoms with Gasteiger partial charge in [-0.3, -0.25) is 0 Å². The number of carbonyl (C=O) groups is 1. The van der Waals surface area contributed by atoms with E-state index >= 15 is 0 Å². The lowest BCUT2D eigenvalue weighted by molar-refractivity contribution is -0.137. The molecule has 0 bridgehead atoms. The Kier molecular flexibility index (Phi) is 6.49. The van der Waals surface area contributed by atoms with Crippen LogP contribution in [-0.4, -0.2) is 12.6 Å². The largest absolute Gasteiger partial charge is 0.463 e. The Morgan fingerprint density at radius 3 is 2.71 bits per heavy atom. The zero-order chi connectivity index (χ0) is 12.3. The lowest BCUT2D eigenvalue weighted by Gasteiger charge is -1.95. The average Bonchev–Trinajstić information content (AvgIpc) is 2.35. The molecule has 1 aromatic carbocycles. The van der Waals surface area contributed by atoms with Gasteiger partial charge in [0.05, 0.1) is 6.61 Å². The average molecular weight is 230 g/mol. The number of hydrogen-bond acceptors (Lipinski definition) is 2. The molecule has 0 unspecified atom stereocenters. The lowest BCUT2D eigenvalue weighted by atomic mass is 10.1. The number of rotatable bonds is 6. The van der Waals surface area contributed by atoms with Crippen molar-refractivity contribution in [2.75, 3.05) is 6.61 Å². The molecule has 17 heavy (non-hydrogen) atoms. The fourth-order valence-electron chi connectivity index (χ4n) is 1.39. The Balaban J connectivity index is 2.21. The molecule has 2 nitrogen and oxygen atoms in total. The third-order valence-corrected chi connectivity index (χ3v) is 2.21. The van der Waals surface area contributed by atoms with E-state index in [-0.39, 0.29) is 5.97 Å². The second-order valence-electron chi connectivity index (χ2n) is 3.56. The van der Waals surface area contributed by atoms with Crippen LogP contribution in [0.5, 0.6) is 0 Å². The molecule has 1 rings (SSSR count). The highest BCUT2D eigenvalue weighted by atomic mass is 16.5. The fourth-order valence-corrected chi connectivity index (χ4v) is 1.39. The first-order valence-corrected chi connectivity index (χ1v) is 5.87.